The zero-order valence-corrected chi connectivity index (χ0v) is 11.8. The van der Waals surface area contributed by atoms with E-state index in [2.05, 4.69) is 39.9 Å². The highest BCUT2D eigenvalue weighted by Gasteiger charge is 2.25. The van der Waals surface area contributed by atoms with E-state index in [1.165, 1.54) is 0 Å². The van der Waals surface area contributed by atoms with Crippen molar-refractivity contribution in [1.82, 2.24) is 5.32 Å². The van der Waals surface area contributed by atoms with Gasteiger partial charge in [0.1, 0.15) is 0 Å². The third kappa shape index (κ3) is 6.46. The molecular weight excluding hydrogens is 202 g/mol. The molecule has 2 N–H and O–H groups in total. The van der Waals surface area contributed by atoms with Gasteiger partial charge in [0, 0.05) is 18.2 Å². The van der Waals surface area contributed by atoms with Crippen molar-refractivity contribution in [2.24, 2.45) is 0 Å². The van der Waals surface area contributed by atoms with Crippen LogP contribution in [0.4, 0.5) is 0 Å². The van der Waals surface area contributed by atoms with Gasteiger partial charge in [-0.3, -0.25) is 0 Å². The summed E-state index contributed by atoms with van der Waals surface area (Å²) in [5, 5.41) is 12.8. The Morgan fingerprint density at radius 2 is 1.81 bits per heavy atom. The lowest BCUT2D eigenvalue weighted by Crippen LogP contribution is -2.50. The molecule has 0 radical (unpaired) electrons. The highest BCUT2D eigenvalue weighted by molar-refractivity contribution is 4.84. The number of nitrogens with one attached hydrogen (secondary N) is 1. The van der Waals surface area contributed by atoms with Crippen molar-refractivity contribution in [1.29, 1.82) is 0 Å². The first-order valence-corrected chi connectivity index (χ1v) is 6.27. The van der Waals surface area contributed by atoms with E-state index in [-0.39, 0.29) is 17.7 Å². The molecule has 0 aliphatic rings. The van der Waals surface area contributed by atoms with Crippen molar-refractivity contribution in [3.8, 4) is 0 Å². The van der Waals surface area contributed by atoms with Gasteiger partial charge >= 0.3 is 0 Å². The van der Waals surface area contributed by atoms with Crippen molar-refractivity contribution in [3.05, 3.63) is 0 Å². The smallest absolute Gasteiger partial charge is 0.0623 e. The van der Waals surface area contributed by atoms with Gasteiger partial charge in [-0.15, -0.1) is 0 Å². The van der Waals surface area contributed by atoms with Gasteiger partial charge in [0.2, 0.25) is 0 Å². The Kier molecular flexibility index (Phi) is 6.53. The fourth-order valence-corrected chi connectivity index (χ4v) is 1.55. The van der Waals surface area contributed by atoms with Gasteiger partial charge in [0.25, 0.3) is 0 Å². The summed E-state index contributed by atoms with van der Waals surface area (Å²) in [5.41, 5.74) is -0.299. The molecule has 0 rings (SSSR count). The fourth-order valence-electron chi connectivity index (χ4n) is 1.55. The van der Waals surface area contributed by atoms with E-state index in [9.17, 15) is 5.11 Å². The minimum absolute atomic E-state index is 0.0613. The van der Waals surface area contributed by atoms with E-state index in [0.717, 1.165) is 12.8 Å². The van der Waals surface area contributed by atoms with E-state index in [1.54, 1.807) is 0 Å². The van der Waals surface area contributed by atoms with Gasteiger partial charge in [0.15, 0.2) is 0 Å². The van der Waals surface area contributed by atoms with Crippen molar-refractivity contribution in [2.45, 2.75) is 71.6 Å². The molecule has 0 aliphatic heterocycles. The second kappa shape index (κ2) is 6.58. The lowest BCUT2D eigenvalue weighted by atomic mass is 9.98. The summed E-state index contributed by atoms with van der Waals surface area (Å²) < 4.78 is 5.81. The number of aliphatic hydroxyl groups is 1. The van der Waals surface area contributed by atoms with Crippen molar-refractivity contribution < 1.29 is 9.84 Å². The van der Waals surface area contributed by atoms with Gasteiger partial charge in [-0.1, -0.05) is 20.8 Å². The minimum atomic E-state index is -0.238. The van der Waals surface area contributed by atoms with Gasteiger partial charge in [-0.05, 0) is 33.6 Å². The van der Waals surface area contributed by atoms with Crippen LogP contribution in [-0.2, 0) is 4.74 Å². The zero-order chi connectivity index (χ0) is 12.8. The maximum atomic E-state index is 9.40. The Morgan fingerprint density at radius 1 is 1.25 bits per heavy atom. The third-order valence-electron chi connectivity index (χ3n) is 2.98. The number of hydrogen-bond acceptors (Lipinski definition) is 3. The molecule has 0 heterocycles. The van der Waals surface area contributed by atoms with Crippen LogP contribution < -0.4 is 5.32 Å². The second-order valence-corrected chi connectivity index (χ2v) is 5.73. The first-order chi connectivity index (χ1) is 7.24. The van der Waals surface area contributed by atoms with E-state index < -0.39 is 0 Å². The van der Waals surface area contributed by atoms with Crippen LogP contribution in [0.3, 0.4) is 0 Å². The van der Waals surface area contributed by atoms with Crippen LogP contribution in [0.2, 0.25) is 0 Å². The van der Waals surface area contributed by atoms with Crippen LogP contribution in [0.25, 0.3) is 0 Å². The predicted molar refractivity (Wildman–Crippen MR) is 68.7 cm³/mol. The molecule has 98 valence electrons. The molecule has 0 spiro atoms. The SMILES string of the molecule is CCC(C)(C)OCCC(C)(CO)NC(C)C. The summed E-state index contributed by atoms with van der Waals surface area (Å²) in [7, 11) is 0. The van der Waals surface area contributed by atoms with Crippen LogP contribution in [0.15, 0.2) is 0 Å². The van der Waals surface area contributed by atoms with E-state index in [4.69, 9.17) is 4.74 Å². The van der Waals surface area contributed by atoms with E-state index in [0.29, 0.717) is 12.6 Å². The molecular formula is C13H29NO2. The van der Waals surface area contributed by atoms with Crippen LogP contribution >= 0.6 is 0 Å². The Balaban J connectivity index is 4.05. The second-order valence-electron chi connectivity index (χ2n) is 5.73. The van der Waals surface area contributed by atoms with Crippen molar-refractivity contribution in [3.63, 3.8) is 0 Å². The summed E-state index contributed by atoms with van der Waals surface area (Å²) in [6.07, 6.45) is 1.82. The van der Waals surface area contributed by atoms with Crippen LogP contribution in [0, 0.1) is 0 Å². The molecule has 0 fully saturated rings. The summed E-state index contributed by atoms with van der Waals surface area (Å²) in [6.45, 7) is 13.3. The van der Waals surface area contributed by atoms with Gasteiger partial charge in [-0.2, -0.15) is 0 Å². The first-order valence-electron chi connectivity index (χ1n) is 6.27. The standard InChI is InChI=1S/C13H29NO2/c1-7-12(4,5)16-9-8-13(6,10-15)14-11(2)3/h11,14-15H,7-10H2,1-6H3. The Labute approximate surface area is 101 Å². The third-order valence-corrected chi connectivity index (χ3v) is 2.98. The largest absolute Gasteiger partial charge is 0.394 e. The van der Waals surface area contributed by atoms with Gasteiger partial charge < -0.3 is 15.2 Å². The Hall–Kier alpha value is -0.120. The lowest BCUT2D eigenvalue weighted by Gasteiger charge is -2.33. The summed E-state index contributed by atoms with van der Waals surface area (Å²) in [5.74, 6) is 0. The number of ether oxygens (including phenoxy) is 1. The average molecular weight is 231 g/mol. The number of hydrogen-bond donors (Lipinski definition) is 2. The molecule has 16 heavy (non-hydrogen) atoms. The monoisotopic (exact) mass is 231 g/mol. The molecule has 0 bridgehead atoms. The lowest BCUT2D eigenvalue weighted by molar-refractivity contribution is -0.0325. The number of aliphatic hydroxyl groups excluding tert-OH is 1. The number of rotatable bonds is 8. The highest BCUT2D eigenvalue weighted by atomic mass is 16.5. The molecule has 0 aromatic carbocycles. The topological polar surface area (TPSA) is 41.5 Å². The summed E-state index contributed by atoms with van der Waals surface area (Å²) in [6, 6.07) is 0.372. The van der Waals surface area contributed by atoms with Crippen molar-refractivity contribution in [2.75, 3.05) is 13.2 Å². The molecule has 0 aromatic rings. The summed E-state index contributed by atoms with van der Waals surface area (Å²) >= 11 is 0. The maximum Gasteiger partial charge on any atom is 0.0623 e. The molecule has 1 unspecified atom stereocenters. The molecule has 0 saturated carbocycles. The predicted octanol–water partition coefficient (Wildman–Crippen LogP) is 2.33. The molecule has 3 heteroatoms. The quantitative estimate of drug-likeness (QED) is 0.673. The average Bonchev–Trinajstić information content (AvgIpc) is 2.16. The minimum Gasteiger partial charge on any atom is -0.394 e. The maximum absolute atomic E-state index is 9.40. The summed E-state index contributed by atoms with van der Waals surface area (Å²) in [4.78, 5) is 0. The van der Waals surface area contributed by atoms with E-state index >= 15 is 0 Å². The molecule has 0 aliphatic carbocycles. The molecule has 0 amide bonds. The Morgan fingerprint density at radius 3 is 2.19 bits per heavy atom. The van der Waals surface area contributed by atoms with Crippen LogP contribution in [0.5, 0.6) is 0 Å². The fraction of sp³-hybridized carbons (Fsp3) is 1.00. The Bertz CT molecular complexity index is 192. The molecule has 1 atom stereocenters. The first kappa shape index (κ1) is 15.9. The molecule has 0 aromatic heterocycles. The van der Waals surface area contributed by atoms with Crippen molar-refractivity contribution >= 4 is 0 Å². The van der Waals surface area contributed by atoms with Gasteiger partial charge in [-0.25, -0.2) is 0 Å². The van der Waals surface area contributed by atoms with Gasteiger partial charge in [0.05, 0.1) is 12.2 Å². The normalized spacial score (nSPS) is 16.5. The van der Waals surface area contributed by atoms with E-state index in [1.807, 2.05) is 6.92 Å². The molecule has 0 saturated heterocycles. The van der Waals surface area contributed by atoms with Crippen LogP contribution in [-0.4, -0.2) is 35.5 Å². The zero-order valence-electron chi connectivity index (χ0n) is 11.8. The van der Waals surface area contributed by atoms with Crippen LogP contribution in [0.1, 0.15) is 54.4 Å². The molecule has 3 nitrogen and oxygen atoms in total. The highest BCUT2D eigenvalue weighted by Crippen LogP contribution is 2.17.